The summed E-state index contributed by atoms with van der Waals surface area (Å²) in [6, 6.07) is 8.83. The minimum atomic E-state index is 0.0385. The summed E-state index contributed by atoms with van der Waals surface area (Å²) in [5, 5.41) is 6.49. The number of para-hydroxylation sites is 1. The van der Waals surface area contributed by atoms with Crippen molar-refractivity contribution in [2.24, 2.45) is 4.99 Å². The van der Waals surface area contributed by atoms with Gasteiger partial charge < -0.3 is 25.0 Å². The Morgan fingerprint density at radius 3 is 2.94 bits per heavy atom. The van der Waals surface area contributed by atoms with Crippen LogP contribution in [0.2, 0.25) is 0 Å². The van der Waals surface area contributed by atoms with Gasteiger partial charge in [0, 0.05) is 43.9 Å². The van der Waals surface area contributed by atoms with Gasteiger partial charge in [-0.05, 0) is 31.2 Å². The standard InChI is InChI=1S/C24H31N5O3/c1-28-9-11-29(12-10-28)15-23(30)25-18-6-7-20-17(14-18)16-32-24(26-20)27-21-8-13-31-22-5-3-2-4-19(21)22/h2-6,14,20-21H,7-13,15-16H2,1H3,(H,25,30)(H,26,27). The Morgan fingerprint density at radius 2 is 2.06 bits per heavy atom. The molecule has 32 heavy (non-hydrogen) atoms. The lowest BCUT2D eigenvalue weighted by molar-refractivity contribution is -0.121. The molecule has 2 saturated heterocycles. The zero-order chi connectivity index (χ0) is 21.9. The second-order valence-electron chi connectivity index (χ2n) is 8.85. The van der Waals surface area contributed by atoms with Crippen LogP contribution in [0.15, 0.2) is 52.7 Å². The molecule has 1 amide bonds. The third-order valence-electron chi connectivity index (χ3n) is 6.48. The molecule has 8 heteroatoms. The number of amidine groups is 1. The Bertz CT molecular complexity index is 949. The highest BCUT2D eigenvalue weighted by Crippen LogP contribution is 2.34. The molecule has 4 aliphatic rings. The molecule has 3 heterocycles. The minimum Gasteiger partial charge on any atom is -0.493 e. The van der Waals surface area contributed by atoms with Crippen molar-refractivity contribution in [2.75, 3.05) is 53.0 Å². The number of aliphatic imine (C=N–C) groups is 1. The van der Waals surface area contributed by atoms with E-state index in [9.17, 15) is 4.79 Å². The fourth-order valence-corrected chi connectivity index (χ4v) is 4.56. The van der Waals surface area contributed by atoms with Crippen LogP contribution in [-0.2, 0) is 9.53 Å². The summed E-state index contributed by atoms with van der Waals surface area (Å²) in [4.78, 5) is 21.8. The molecule has 0 bridgehead atoms. The molecule has 2 unspecified atom stereocenters. The number of nitrogens with one attached hydrogen (secondary N) is 2. The topological polar surface area (TPSA) is 78.4 Å². The number of piperazine rings is 1. The van der Waals surface area contributed by atoms with E-state index in [2.05, 4.69) is 39.6 Å². The van der Waals surface area contributed by atoms with Crippen LogP contribution in [0.25, 0.3) is 0 Å². The van der Waals surface area contributed by atoms with E-state index in [-0.39, 0.29) is 18.0 Å². The summed E-state index contributed by atoms with van der Waals surface area (Å²) >= 11 is 0. The van der Waals surface area contributed by atoms with Crippen LogP contribution in [0, 0.1) is 0 Å². The summed E-state index contributed by atoms with van der Waals surface area (Å²) in [6.45, 7) is 5.46. The van der Waals surface area contributed by atoms with E-state index >= 15 is 0 Å². The van der Waals surface area contributed by atoms with E-state index in [1.165, 1.54) is 0 Å². The van der Waals surface area contributed by atoms with Gasteiger partial charge in [0.15, 0.2) is 0 Å². The first-order chi connectivity index (χ1) is 15.6. The number of hydrogen-bond donors (Lipinski definition) is 2. The predicted molar refractivity (Wildman–Crippen MR) is 122 cm³/mol. The first-order valence-electron chi connectivity index (χ1n) is 11.4. The van der Waals surface area contributed by atoms with Crippen LogP contribution in [-0.4, -0.2) is 80.8 Å². The molecule has 1 aliphatic carbocycles. The second kappa shape index (κ2) is 9.34. The number of benzene rings is 1. The maximum Gasteiger partial charge on any atom is 0.286 e. The Labute approximate surface area is 189 Å². The van der Waals surface area contributed by atoms with Gasteiger partial charge in [-0.1, -0.05) is 24.3 Å². The summed E-state index contributed by atoms with van der Waals surface area (Å²) in [5.41, 5.74) is 3.10. The van der Waals surface area contributed by atoms with Gasteiger partial charge in [-0.2, -0.15) is 0 Å². The first-order valence-corrected chi connectivity index (χ1v) is 11.4. The van der Waals surface area contributed by atoms with Gasteiger partial charge in [0.1, 0.15) is 12.4 Å². The van der Waals surface area contributed by atoms with Crippen molar-refractivity contribution >= 4 is 11.9 Å². The van der Waals surface area contributed by atoms with E-state index < -0.39 is 0 Å². The molecule has 0 radical (unpaired) electrons. The average molecular weight is 438 g/mol. The fourth-order valence-electron chi connectivity index (χ4n) is 4.56. The number of allylic oxidation sites excluding steroid dienone is 1. The Kier molecular flexibility index (Phi) is 6.14. The maximum absolute atomic E-state index is 12.5. The van der Waals surface area contributed by atoms with Crippen molar-refractivity contribution in [2.45, 2.75) is 24.9 Å². The number of nitrogens with zero attached hydrogens (tertiary/aromatic N) is 3. The third-order valence-corrected chi connectivity index (χ3v) is 6.48. The molecule has 1 aromatic rings. The van der Waals surface area contributed by atoms with E-state index in [0.29, 0.717) is 25.8 Å². The number of ether oxygens (including phenoxy) is 2. The SMILES string of the molecule is CN1CCN(CC(=O)NC2=CCC3NC(=NC4CCOc5ccccc54)OCC3=C2)CC1. The molecule has 0 aromatic heterocycles. The van der Waals surface area contributed by atoms with Crippen molar-refractivity contribution in [3.8, 4) is 5.75 Å². The number of fused-ring (bicyclic) bond motifs is 2. The molecule has 8 nitrogen and oxygen atoms in total. The first kappa shape index (κ1) is 21.0. The number of carbonyl (C=O) groups is 1. The van der Waals surface area contributed by atoms with Gasteiger partial charge in [-0.25, -0.2) is 4.99 Å². The van der Waals surface area contributed by atoms with Crippen molar-refractivity contribution in [3.05, 3.63) is 53.3 Å². The molecule has 1 aromatic carbocycles. The minimum absolute atomic E-state index is 0.0385. The molecular formula is C24H31N5O3. The lowest BCUT2D eigenvalue weighted by Gasteiger charge is -2.33. The number of rotatable bonds is 4. The lowest BCUT2D eigenvalue weighted by atomic mass is 9.97. The smallest absolute Gasteiger partial charge is 0.286 e. The van der Waals surface area contributed by atoms with Crippen molar-refractivity contribution in [3.63, 3.8) is 0 Å². The summed E-state index contributed by atoms with van der Waals surface area (Å²) in [6.07, 6.45) is 5.74. The van der Waals surface area contributed by atoms with Crippen molar-refractivity contribution in [1.82, 2.24) is 20.4 Å². The largest absolute Gasteiger partial charge is 0.493 e. The van der Waals surface area contributed by atoms with E-state index in [1.54, 1.807) is 0 Å². The van der Waals surface area contributed by atoms with Crippen molar-refractivity contribution < 1.29 is 14.3 Å². The molecule has 3 aliphatic heterocycles. The number of carbonyl (C=O) groups excluding carboxylic acids is 1. The predicted octanol–water partition coefficient (Wildman–Crippen LogP) is 1.43. The molecule has 5 rings (SSSR count). The Morgan fingerprint density at radius 1 is 1.22 bits per heavy atom. The highest BCUT2D eigenvalue weighted by Gasteiger charge is 2.28. The normalized spacial score (nSPS) is 27.1. The highest BCUT2D eigenvalue weighted by atomic mass is 16.5. The molecular weight excluding hydrogens is 406 g/mol. The van der Waals surface area contributed by atoms with E-state index in [4.69, 9.17) is 14.5 Å². The van der Waals surface area contributed by atoms with Gasteiger partial charge >= 0.3 is 0 Å². The van der Waals surface area contributed by atoms with Crippen LogP contribution in [0.4, 0.5) is 0 Å². The van der Waals surface area contributed by atoms with Crippen molar-refractivity contribution in [1.29, 1.82) is 0 Å². The number of likely N-dealkylation sites (N-methyl/N-ethyl adjacent to an activating group) is 1. The van der Waals surface area contributed by atoms with Crippen LogP contribution >= 0.6 is 0 Å². The zero-order valence-electron chi connectivity index (χ0n) is 18.5. The fraction of sp³-hybridized carbons (Fsp3) is 0.500. The monoisotopic (exact) mass is 437 g/mol. The number of amides is 1. The molecule has 2 atom stereocenters. The van der Waals surface area contributed by atoms with Gasteiger partial charge in [-0.3, -0.25) is 9.69 Å². The molecule has 170 valence electrons. The summed E-state index contributed by atoms with van der Waals surface area (Å²) in [7, 11) is 2.12. The second-order valence-corrected chi connectivity index (χ2v) is 8.85. The van der Waals surface area contributed by atoms with Crippen LogP contribution in [0.1, 0.15) is 24.4 Å². The van der Waals surface area contributed by atoms with Gasteiger partial charge in [0.25, 0.3) is 6.02 Å². The maximum atomic E-state index is 12.5. The van der Waals surface area contributed by atoms with Gasteiger partial charge in [0.05, 0.1) is 25.2 Å². The number of hydrogen-bond acceptors (Lipinski definition) is 6. The summed E-state index contributed by atoms with van der Waals surface area (Å²) < 4.78 is 11.7. The van der Waals surface area contributed by atoms with E-state index in [0.717, 1.165) is 61.6 Å². The van der Waals surface area contributed by atoms with Crippen LogP contribution < -0.4 is 15.4 Å². The zero-order valence-corrected chi connectivity index (χ0v) is 18.5. The Hall–Kier alpha value is -2.84. The average Bonchev–Trinajstić information content (AvgIpc) is 2.81. The molecule has 2 N–H and O–H groups in total. The third kappa shape index (κ3) is 4.81. The van der Waals surface area contributed by atoms with Crippen LogP contribution in [0.3, 0.4) is 0 Å². The molecule has 0 saturated carbocycles. The molecule has 2 fully saturated rings. The molecule has 0 spiro atoms. The highest BCUT2D eigenvalue weighted by molar-refractivity contribution is 5.81. The van der Waals surface area contributed by atoms with Crippen LogP contribution in [0.5, 0.6) is 5.75 Å². The quantitative estimate of drug-likeness (QED) is 0.742. The Balaban J connectivity index is 1.16. The van der Waals surface area contributed by atoms with Gasteiger partial charge in [-0.15, -0.1) is 0 Å². The van der Waals surface area contributed by atoms with E-state index in [1.807, 2.05) is 24.3 Å². The summed E-state index contributed by atoms with van der Waals surface area (Å²) in [5.74, 6) is 0.947. The van der Waals surface area contributed by atoms with Gasteiger partial charge in [0.2, 0.25) is 5.91 Å². The lowest BCUT2D eigenvalue weighted by Crippen LogP contribution is -2.48.